The molecule has 2 aliphatic heterocycles. The minimum absolute atomic E-state index is 0.219. The molecular formula is C18H24N4OS. The number of rotatable bonds is 4. The summed E-state index contributed by atoms with van der Waals surface area (Å²) in [7, 11) is 0. The molecule has 0 saturated carbocycles. The molecule has 128 valence electrons. The van der Waals surface area contributed by atoms with Crippen molar-refractivity contribution in [3.63, 3.8) is 0 Å². The van der Waals surface area contributed by atoms with Crippen LogP contribution >= 0.6 is 11.3 Å². The van der Waals surface area contributed by atoms with Crippen LogP contribution in [0.5, 0.6) is 0 Å². The summed E-state index contributed by atoms with van der Waals surface area (Å²) in [4.78, 5) is 21.9. The number of thiophene rings is 1. The van der Waals surface area contributed by atoms with Crippen molar-refractivity contribution in [1.29, 1.82) is 0 Å². The van der Waals surface area contributed by atoms with Crippen LogP contribution in [-0.4, -0.2) is 51.4 Å². The van der Waals surface area contributed by atoms with E-state index in [4.69, 9.17) is 0 Å². The molecule has 2 aromatic rings. The van der Waals surface area contributed by atoms with E-state index < -0.39 is 0 Å². The quantitative estimate of drug-likeness (QED) is 0.854. The highest BCUT2D eigenvalue weighted by Gasteiger charge is 2.27. The number of hydrogen-bond donors (Lipinski definition) is 0. The summed E-state index contributed by atoms with van der Waals surface area (Å²) in [5.74, 6) is 1.71. The Morgan fingerprint density at radius 2 is 2.17 bits per heavy atom. The lowest BCUT2D eigenvalue weighted by atomic mass is 10.1. The van der Waals surface area contributed by atoms with Gasteiger partial charge >= 0.3 is 0 Å². The molecule has 0 aliphatic carbocycles. The summed E-state index contributed by atoms with van der Waals surface area (Å²) in [5, 5.41) is 4.10. The number of likely N-dealkylation sites (tertiary alicyclic amines) is 1. The Hall–Kier alpha value is -1.66. The summed E-state index contributed by atoms with van der Waals surface area (Å²) in [5.41, 5.74) is 1.12. The second kappa shape index (κ2) is 7.07. The molecule has 2 aromatic heterocycles. The van der Waals surface area contributed by atoms with E-state index in [1.807, 2.05) is 22.5 Å². The molecule has 0 bridgehead atoms. The third-order valence-corrected chi connectivity index (χ3v) is 5.80. The van der Waals surface area contributed by atoms with Gasteiger partial charge in [0.2, 0.25) is 5.91 Å². The van der Waals surface area contributed by atoms with Gasteiger partial charge in [-0.3, -0.25) is 4.79 Å². The van der Waals surface area contributed by atoms with Crippen molar-refractivity contribution < 1.29 is 4.79 Å². The van der Waals surface area contributed by atoms with Gasteiger partial charge in [-0.2, -0.15) is 11.3 Å². The van der Waals surface area contributed by atoms with Crippen LogP contribution in [0.4, 0.5) is 0 Å². The Labute approximate surface area is 146 Å². The Morgan fingerprint density at radius 1 is 1.29 bits per heavy atom. The second-order valence-electron chi connectivity index (χ2n) is 6.95. The number of carbonyl (C=O) groups excluding carboxylic acids is 1. The fourth-order valence-electron chi connectivity index (χ4n) is 3.86. The van der Waals surface area contributed by atoms with E-state index in [9.17, 15) is 4.79 Å². The van der Waals surface area contributed by atoms with Gasteiger partial charge in [0.25, 0.3) is 0 Å². The predicted molar refractivity (Wildman–Crippen MR) is 94.8 cm³/mol. The van der Waals surface area contributed by atoms with Crippen LogP contribution in [0.15, 0.2) is 29.2 Å². The van der Waals surface area contributed by atoms with Gasteiger partial charge in [-0.25, -0.2) is 4.98 Å². The minimum atomic E-state index is 0.219. The zero-order chi connectivity index (χ0) is 16.4. The molecule has 0 aromatic carbocycles. The van der Waals surface area contributed by atoms with Gasteiger partial charge < -0.3 is 14.4 Å². The minimum Gasteiger partial charge on any atom is -0.335 e. The number of nitrogens with zero attached hydrogens (tertiary/aromatic N) is 4. The Kier molecular flexibility index (Phi) is 4.67. The molecule has 24 heavy (non-hydrogen) atoms. The molecule has 2 aliphatic rings. The van der Waals surface area contributed by atoms with Crippen molar-refractivity contribution >= 4 is 17.2 Å². The van der Waals surface area contributed by atoms with Crippen LogP contribution in [0.2, 0.25) is 0 Å². The van der Waals surface area contributed by atoms with Crippen LogP contribution in [0.25, 0.3) is 0 Å². The molecule has 1 unspecified atom stereocenters. The second-order valence-corrected chi connectivity index (χ2v) is 7.73. The topological polar surface area (TPSA) is 41.4 Å². The number of carbonyl (C=O) groups is 1. The molecule has 1 amide bonds. The lowest BCUT2D eigenvalue weighted by Gasteiger charge is -2.27. The average molecular weight is 344 g/mol. The Morgan fingerprint density at radius 3 is 2.96 bits per heavy atom. The van der Waals surface area contributed by atoms with Crippen molar-refractivity contribution in [3.8, 4) is 0 Å². The molecule has 0 N–H and O–H groups in total. The van der Waals surface area contributed by atoms with Gasteiger partial charge in [0, 0.05) is 37.9 Å². The standard InChI is InChI=1S/C18H24N4OS/c23-18(9-15-3-8-24-14-15)22-12-16(10-20-5-1-2-6-20)11-21-7-4-19-17(21)13-22/h3-4,7-8,14,16H,1-2,5-6,9-13H2. The third kappa shape index (κ3) is 3.54. The molecule has 1 saturated heterocycles. The smallest absolute Gasteiger partial charge is 0.227 e. The first-order valence-electron chi connectivity index (χ1n) is 8.79. The van der Waals surface area contributed by atoms with E-state index in [1.54, 1.807) is 11.3 Å². The summed E-state index contributed by atoms with van der Waals surface area (Å²) in [6, 6.07) is 2.04. The van der Waals surface area contributed by atoms with E-state index in [0.29, 0.717) is 18.9 Å². The van der Waals surface area contributed by atoms with Gasteiger partial charge in [0.05, 0.1) is 13.0 Å². The maximum absolute atomic E-state index is 12.8. The zero-order valence-electron chi connectivity index (χ0n) is 13.9. The van der Waals surface area contributed by atoms with E-state index in [0.717, 1.165) is 31.0 Å². The summed E-state index contributed by atoms with van der Waals surface area (Å²) in [6.45, 7) is 5.93. The Bertz CT molecular complexity index is 675. The highest BCUT2D eigenvalue weighted by Crippen LogP contribution is 2.20. The maximum atomic E-state index is 12.8. The highest BCUT2D eigenvalue weighted by molar-refractivity contribution is 7.07. The maximum Gasteiger partial charge on any atom is 0.227 e. The summed E-state index contributed by atoms with van der Waals surface area (Å²) < 4.78 is 2.23. The number of imidazole rings is 1. The highest BCUT2D eigenvalue weighted by atomic mass is 32.1. The van der Waals surface area contributed by atoms with Crippen LogP contribution in [-0.2, 0) is 24.3 Å². The summed E-state index contributed by atoms with van der Waals surface area (Å²) in [6.07, 6.45) is 7.03. The molecule has 5 nitrogen and oxygen atoms in total. The van der Waals surface area contributed by atoms with Crippen LogP contribution in [0, 0.1) is 5.92 Å². The van der Waals surface area contributed by atoms with Crippen LogP contribution in [0.3, 0.4) is 0 Å². The van der Waals surface area contributed by atoms with Crippen LogP contribution < -0.4 is 0 Å². The number of amides is 1. The van der Waals surface area contributed by atoms with E-state index >= 15 is 0 Å². The number of hydrogen-bond acceptors (Lipinski definition) is 4. The van der Waals surface area contributed by atoms with Gasteiger partial charge in [-0.05, 0) is 48.3 Å². The molecule has 0 spiro atoms. The molecular weight excluding hydrogens is 320 g/mol. The molecule has 6 heteroatoms. The van der Waals surface area contributed by atoms with Crippen molar-refractivity contribution in [3.05, 3.63) is 40.6 Å². The molecule has 1 atom stereocenters. The van der Waals surface area contributed by atoms with Gasteiger partial charge in [0.1, 0.15) is 5.82 Å². The van der Waals surface area contributed by atoms with Crippen molar-refractivity contribution in [2.75, 3.05) is 26.2 Å². The first kappa shape index (κ1) is 15.8. The zero-order valence-corrected chi connectivity index (χ0v) is 14.7. The van der Waals surface area contributed by atoms with E-state index in [-0.39, 0.29) is 5.91 Å². The third-order valence-electron chi connectivity index (χ3n) is 5.07. The lowest BCUT2D eigenvalue weighted by Crippen LogP contribution is -2.39. The fourth-order valence-corrected chi connectivity index (χ4v) is 4.52. The van der Waals surface area contributed by atoms with Crippen LogP contribution in [0.1, 0.15) is 24.2 Å². The van der Waals surface area contributed by atoms with Crippen molar-refractivity contribution in [1.82, 2.24) is 19.4 Å². The van der Waals surface area contributed by atoms with Gasteiger partial charge in [-0.15, -0.1) is 0 Å². The lowest BCUT2D eigenvalue weighted by molar-refractivity contribution is -0.131. The number of fused-ring (bicyclic) bond motifs is 1. The SMILES string of the molecule is O=C(Cc1ccsc1)N1Cc2nccn2CC(CN2CCCC2)C1. The molecule has 4 rings (SSSR count). The van der Waals surface area contributed by atoms with Crippen molar-refractivity contribution in [2.24, 2.45) is 5.92 Å². The monoisotopic (exact) mass is 344 g/mol. The van der Waals surface area contributed by atoms with E-state index in [2.05, 4.69) is 26.0 Å². The van der Waals surface area contributed by atoms with Crippen molar-refractivity contribution in [2.45, 2.75) is 32.4 Å². The number of aromatic nitrogens is 2. The summed E-state index contributed by atoms with van der Waals surface area (Å²) >= 11 is 1.65. The Balaban J connectivity index is 1.49. The largest absolute Gasteiger partial charge is 0.335 e. The molecule has 1 fully saturated rings. The van der Waals surface area contributed by atoms with Gasteiger partial charge in [-0.1, -0.05) is 0 Å². The fraction of sp³-hybridized carbons (Fsp3) is 0.556. The predicted octanol–water partition coefficient (Wildman–Crippen LogP) is 2.24. The average Bonchev–Trinajstić information content (AvgIpc) is 3.30. The normalized spacial score (nSPS) is 21.7. The van der Waals surface area contributed by atoms with Gasteiger partial charge in [0.15, 0.2) is 0 Å². The molecule has 4 heterocycles. The molecule has 0 radical (unpaired) electrons. The van der Waals surface area contributed by atoms with E-state index in [1.165, 1.54) is 25.9 Å². The first-order valence-corrected chi connectivity index (χ1v) is 9.73. The first-order chi connectivity index (χ1) is 11.8.